The van der Waals surface area contributed by atoms with Crippen LogP contribution < -0.4 is 22.0 Å². The Balaban J connectivity index is 2.67. The average Bonchev–Trinajstić information content (AvgIpc) is 2.93. The summed E-state index contributed by atoms with van der Waals surface area (Å²) in [6.07, 6.45) is 0. The van der Waals surface area contributed by atoms with Crippen LogP contribution in [0.15, 0.2) is 20.3 Å². The molecule has 3 rings (SSSR count). The summed E-state index contributed by atoms with van der Waals surface area (Å²) >= 11 is 0. The fourth-order valence-corrected chi connectivity index (χ4v) is 2.13. The first-order valence-electron chi connectivity index (χ1n) is 4.95. The maximum atomic E-state index is 8.99. The molecule has 2 aliphatic heterocycles. The van der Waals surface area contributed by atoms with Crippen LogP contribution in [0.1, 0.15) is 0 Å². The second-order valence-electron chi connectivity index (χ2n) is 3.56. The van der Waals surface area contributed by atoms with E-state index in [1.54, 1.807) is 9.13 Å². The van der Waals surface area contributed by atoms with Crippen LogP contribution in [0.4, 0.5) is 0 Å². The number of nitrogens with zero attached hydrogens (tertiary/aromatic N) is 6. The predicted molar refractivity (Wildman–Crippen MR) is 49.2 cm³/mol. The third-order valence-corrected chi connectivity index (χ3v) is 2.78. The average molecular weight is 222 g/mol. The number of fused-ring (bicyclic) bond motifs is 3. The van der Waals surface area contributed by atoms with E-state index < -0.39 is 0 Å². The van der Waals surface area contributed by atoms with Crippen LogP contribution in [0.3, 0.4) is 0 Å². The molecule has 0 aromatic carbocycles. The fraction of sp³-hybridized carbons (Fsp3) is 0.500. The Morgan fingerprint density at radius 3 is 1.69 bits per heavy atom. The minimum Gasteiger partial charge on any atom is -0.409 e. The quantitative estimate of drug-likeness (QED) is 0.364. The van der Waals surface area contributed by atoms with E-state index >= 15 is 0 Å². The molecule has 0 saturated heterocycles. The SMILES string of the molecule is O/N=c1\c(=N/O)n2c(c3n1CCN=3)=NCC2. The first-order chi connectivity index (χ1) is 7.86. The maximum absolute atomic E-state index is 8.99. The van der Waals surface area contributed by atoms with Crippen molar-refractivity contribution in [2.24, 2.45) is 20.3 Å². The Labute approximate surface area is 88.8 Å². The number of aromatic nitrogens is 2. The molecule has 2 N–H and O–H groups in total. The van der Waals surface area contributed by atoms with Crippen LogP contribution in [0.25, 0.3) is 0 Å². The largest absolute Gasteiger partial charge is 0.409 e. The Morgan fingerprint density at radius 1 is 0.875 bits per heavy atom. The Kier molecular flexibility index (Phi) is 1.82. The van der Waals surface area contributed by atoms with E-state index in [0.29, 0.717) is 37.2 Å². The second kappa shape index (κ2) is 3.19. The maximum Gasteiger partial charge on any atom is 0.220 e. The van der Waals surface area contributed by atoms with Gasteiger partial charge in [0.2, 0.25) is 11.0 Å². The molecular weight excluding hydrogens is 212 g/mol. The number of rotatable bonds is 0. The van der Waals surface area contributed by atoms with Gasteiger partial charge in [-0.25, -0.2) is 0 Å². The summed E-state index contributed by atoms with van der Waals surface area (Å²) in [5, 5.41) is 24.3. The normalized spacial score (nSPS) is 19.2. The summed E-state index contributed by atoms with van der Waals surface area (Å²) in [7, 11) is 0. The monoisotopic (exact) mass is 222 g/mol. The van der Waals surface area contributed by atoms with Crippen LogP contribution in [-0.4, -0.2) is 32.6 Å². The summed E-state index contributed by atoms with van der Waals surface area (Å²) in [4.78, 5) is 8.62. The zero-order valence-electron chi connectivity index (χ0n) is 8.41. The highest BCUT2D eigenvalue weighted by molar-refractivity contribution is 4.90. The zero-order valence-corrected chi connectivity index (χ0v) is 8.41. The van der Waals surface area contributed by atoms with Gasteiger partial charge >= 0.3 is 0 Å². The van der Waals surface area contributed by atoms with Crippen LogP contribution in [-0.2, 0) is 13.1 Å². The lowest BCUT2D eigenvalue weighted by molar-refractivity contribution is 0.270. The van der Waals surface area contributed by atoms with Crippen molar-refractivity contribution in [3.05, 3.63) is 22.0 Å². The zero-order chi connectivity index (χ0) is 11.1. The molecular formula is C8H10N6O2. The van der Waals surface area contributed by atoms with Gasteiger partial charge in [0.25, 0.3) is 0 Å². The fourth-order valence-electron chi connectivity index (χ4n) is 2.13. The van der Waals surface area contributed by atoms with Gasteiger partial charge in [0.1, 0.15) is 0 Å². The second-order valence-corrected chi connectivity index (χ2v) is 3.56. The van der Waals surface area contributed by atoms with Gasteiger partial charge < -0.3 is 19.5 Å². The standard InChI is InChI=1S/C8H10N6O2/c15-11-7-8(12-16)14-4-2-10-6(14)5-9-1-3-13(5)7/h15-16H,1-4H2/b11-7+,12-8+. The summed E-state index contributed by atoms with van der Waals surface area (Å²) in [6.45, 7) is 2.47. The van der Waals surface area contributed by atoms with Gasteiger partial charge in [-0.05, 0) is 0 Å². The van der Waals surface area contributed by atoms with Crippen molar-refractivity contribution in [1.82, 2.24) is 9.13 Å². The van der Waals surface area contributed by atoms with Crippen LogP contribution in [0, 0.1) is 0 Å². The third-order valence-electron chi connectivity index (χ3n) is 2.78. The van der Waals surface area contributed by atoms with E-state index in [9.17, 15) is 0 Å². The third kappa shape index (κ3) is 0.980. The molecule has 0 spiro atoms. The van der Waals surface area contributed by atoms with E-state index in [0.717, 1.165) is 0 Å². The highest BCUT2D eigenvalue weighted by atomic mass is 16.4. The Hall–Kier alpha value is -2.12. The molecule has 2 aliphatic rings. The van der Waals surface area contributed by atoms with Crippen molar-refractivity contribution in [3.8, 4) is 0 Å². The van der Waals surface area contributed by atoms with Crippen LogP contribution >= 0.6 is 0 Å². The minimum atomic E-state index is 0.222. The highest BCUT2D eigenvalue weighted by Crippen LogP contribution is 1.85. The molecule has 0 amide bonds. The number of hydrogen-bond acceptors (Lipinski definition) is 6. The molecule has 0 fully saturated rings. The molecule has 0 bridgehead atoms. The van der Waals surface area contributed by atoms with Gasteiger partial charge in [0.15, 0.2) is 11.0 Å². The summed E-state index contributed by atoms with van der Waals surface area (Å²) in [5.41, 5.74) is 1.83. The smallest absolute Gasteiger partial charge is 0.220 e. The summed E-state index contributed by atoms with van der Waals surface area (Å²) in [5.74, 6) is 0. The molecule has 1 aromatic heterocycles. The van der Waals surface area contributed by atoms with Crippen molar-refractivity contribution in [1.29, 1.82) is 0 Å². The lowest BCUT2D eigenvalue weighted by Gasteiger charge is -2.04. The van der Waals surface area contributed by atoms with E-state index in [2.05, 4.69) is 20.3 Å². The van der Waals surface area contributed by atoms with Gasteiger partial charge in [-0.2, -0.15) is 0 Å². The number of hydrogen-bond donors (Lipinski definition) is 2. The van der Waals surface area contributed by atoms with Gasteiger partial charge in [-0.15, -0.1) is 0 Å². The van der Waals surface area contributed by atoms with Gasteiger partial charge in [-0.3, -0.25) is 9.98 Å². The van der Waals surface area contributed by atoms with Crippen molar-refractivity contribution >= 4 is 0 Å². The molecule has 0 saturated carbocycles. The molecule has 0 unspecified atom stereocenters. The van der Waals surface area contributed by atoms with E-state index in [1.807, 2.05) is 0 Å². The molecule has 0 aliphatic carbocycles. The highest BCUT2D eigenvalue weighted by Gasteiger charge is 2.16. The molecule has 1 aromatic rings. The van der Waals surface area contributed by atoms with Gasteiger partial charge in [-0.1, -0.05) is 10.3 Å². The van der Waals surface area contributed by atoms with E-state index in [-0.39, 0.29) is 11.0 Å². The molecule has 8 nitrogen and oxygen atoms in total. The first kappa shape index (κ1) is 9.13. The molecule has 16 heavy (non-hydrogen) atoms. The van der Waals surface area contributed by atoms with Crippen LogP contribution in [0.5, 0.6) is 0 Å². The molecule has 8 heteroatoms. The first-order valence-corrected chi connectivity index (χ1v) is 4.95. The summed E-state index contributed by atoms with van der Waals surface area (Å²) in [6, 6.07) is 0. The summed E-state index contributed by atoms with van der Waals surface area (Å²) < 4.78 is 3.41. The molecule has 0 radical (unpaired) electrons. The van der Waals surface area contributed by atoms with Gasteiger partial charge in [0.05, 0.1) is 13.1 Å². The van der Waals surface area contributed by atoms with Crippen molar-refractivity contribution < 1.29 is 10.4 Å². The van der Waals surface area contributed by atoms with E-state index in [4.69, 9.17) is 10.4 Å². The Bertz CT molecular complexity index is 634. The van der Waals surface area contributed by atoms with Crippen molar-refractivity contribution in [2.45, 2.75) is 13.1 Å². The van der Waals surface area contributed by atoms with E-state index in [1.165, 1.54) is 0 Å². The lowest BCUT2D eigenvalue weighted by atomic mass is 10.5. The van der Waals surface area contributed by atoms with Crippen molar-refractivity contribution in [3.63, 3.8) is 0 Å². The molecule has 0 atom stereocenters. The topological polar surface area (TPSA) is 99.8 Å². The molecule has 84 valence electrons. The minimum absolute atomic E-state index is 0.222. The Morgan fingerprint density at radius 2 is 1.31 bits per heavy atom. The lowest BCUT2D eigenvalue weighted by Crippen LogP contribution is -2.56. The molecule has 3 heterocycles. The predicted octanol–water partition coefficient (Wildman–Crippen LogP) is -2.86. The van der Waals surface area contributed by atoms with Crippen molar-refractivity contribution in [2.75, 3.05) is 13.1 Å². The van der Waals surface area contributed by atoms with Crippen LogP contribution in [0.2, 0.25) is 0 Å². The van der Waals surface area contributed by atoms with Gasteiger partial charge in [0, 0.05) is 13.1 Å².